The zero-order valence-corrected chi connectivity index (χ0v) is 11.0. The second kappa shape index (κ2) is 6.69. The molecule has 0 saturated heterocycles. The van der Waals surface area contributed by atoms with Crippen molar-refractivity contribution in [3.8, 4) is 11.5 Å². The number of phenols is 1. The third-order valence-corrected chi connectivity index (χ3v) is 2.68. The number of benzene rings is 2. The van der Waals surface area contributed by atoms with Crippen LogP contribution in [-0.2, 0) is 0 Å². The Morgan fingerprint density at radius 2 is 1.71 bits per heavy atom. The fourth-order valence-corrected chi connectivity index (χ4v) is 1.68. The van der Waals surface area contributed by atoms with E-state index in [4.69, 9.17) is 9.84 Å². The van der Waals surface area contributed by atoms with Gasteiger partial charge in [0.1, 0.15) is 35.3 Å². The maximum Gasteiger partial charge on any atom is 0.257 e. The van der Waals surface area contributed by atoms with Crippen LogP contribution in [0.5, 0.6) is 11.5 Å². The molecule has 21 heavy (non-hydrogen) atoms. The molecule has 110 valence electrons. The lowest BCUT2D eigenvalue weighted by atomic mass is 10.2. The van der Waals surface area contributed by atoms with Gasteiger partial charge in [0.25, 0.3) is 5.91 Å². The van der Waals surface area contributed by atoms with Crippen LogP contribution in [0.15, 0.2) is 42.5 Å². The number of rotatable bonds is 5. The van der Waals surface area contributed by atoms with Gasteiger partial charge in [0.05, 0.1) is 6.54 Å². The molecule has 0 aliphatic rings. The van der Waals surface area contributed by atoms with Gasteiger partial charge in [-0.05, 0) is 36.4 Å². The lowest BCUT2D eigenvalue weighted by Gasteiger charge is -2.08. The van der Waals surface area contributed by atoms with Crippen molar-refractivity contribution < 1.29 is 23.4 Å². The quantitative estimate of drug-likeness (QED) is 0.833. The summed E-state index contributed by atoms with van der Waals surface area (Å²) in [7, 11) is 0. The maximum absolute atomic E-state index is 13.4. The van der Waals surface area contributed by atoms with Crippen LogP contribution >= 0.6 is 0 Å². The minimum absolute atomic E-state index is 0.0908. The number of hydrogen-bond donors (Lipinski definition) is 2. The predicted molar refractivity (Wildman–Crippen MR) is 72.3 cm³/mol. The third-order valence-electron chi connectivity index (χ3n) is 2.68. The van der Waals surface area contributed by atoms with Gasteiger partial charge in [-0.2, -0.15) is 0 Å². The summed E-state index contributed by atoms with van der Waals surface area (Å²) in [5.41, 5.74) is -0.609. The molecular formula is C15H13F2NO3. The van der Waals surface area contributed by atoms with Gasteiger partial charge in [-0.1, -0.05) is 6.07 Å². The van der Waals surface area contributed by atoms with Gasteiger partial charge in [-0.15, -0.1) is 0 Å². The number of ether oxygens (including phenoxy) is 1. The van der Waals surface area contributed by atoms with Gasteiger partial charge in [0.15, 0.2) is 0 Å². The molecule has 0 radical (unpaired) electrons. The monoisotopic (exact) mass is 293 g/mol. The van der Waals surface area contributed by atoms with E-state index in [1.165, 1.54) is 18.2 Å². The number of carbonyl (C=O) groups is 1. The standard InChI is InChI=1S/C15H13F2NO3/c16-12-2-1-3-13(17)14(12)15(20)18-8-9-21-11-6-4-10(19)5-7-11/h1-7,19H,8-9H2,(H,18,20). The minimum Gasteiger partial charge on any atom is -0.508 e. The molecule has 0 aromatic heterocycles. The molecule has 0 bridgehead atoms. The summed E-state index contributed by atoms with van der Waals surface area (Å²) in [6.07, 6.45) is 0. The van der Waals surface area contributed by atoms with Gasteiger partial charge < -0.3 is 15.2 Å². The first-order valence-electron chi connectivity index (χ1n) is 6.22. The summed E-state index contributed by atoms with van der Waals surface area (Å²) in [4.78, 5) is 11.7. The molecule has 6 heteroatoms. The Balaban J connectivity index is 1.83. The molecule has 0 unspecified atom stereocenters. The number of halogens is 2. The second-order valence-electron chi connectivity index (χ2n) is 4.19. The largest absolute Gasteiger partial charge is 0.508 e. The SMILES string of the molecule is O=C(NCCOc1ccc(O)cc1)c1c(F)cccc1F. The molecule has 4 nitrogen and oxygen atoms in total. The average Bonchev–Trinajstić information content (AvgIpc) is 2.45. The number of amides is 1. The van der Waals surface area contributed by atoms with Crippen LogP contribution in [0.3, 0.4) is 0 Å². The van der Waals surface area contributed by atoms with Crippen LogP contribution in [0.25, 0.3) is 0 Å². The summed E-state index contributed by atoms with van der Waals surface area (Å²) in [6, 6.07) is 9.28. The fourth-order valence-electron chi connectivity index (χ4n) is 1.68. The van der Waals surface area contributed by atoms with E-state index in [0.29, 0.717) is 5.75 Å². The van der Waals surface area contributed by atoms with Crippen LogP contribution in [0, 0.1) is 11.6 Å². The Hall–Kier alpha value is -2.63. The Kier molecular flexibility index (Phi) is 4.71. The van der Waals surface area contributed by atoms with E-state index >= 15 is 0 Å². The molecule has 0 aliphatic carbocycles. The first kappa shape index (κ1) is 14.8. The predicted octanol–water partition coefficient (Wildman–Crippen LogP) is 2.48. The first-order valence-corrected chi connectivity index (χ1v) is 6.22. The molecule has 0 atom stereocenters. The second-order valence-corrected chi connectivity index (χ2v) is 4.19. The van der Waals surface area contributed by atoms with Crippen molar-refractivity contribution in [1.29, 1.82) is 0 Å². The minimum atomic E-state index is -0.910. The zero-order valence-electron chi connectivity index (χ0n) is 11.0. The molecule has 2 aromatic carbocycles. The van der Waals surface area contributed by atoms with E-state index in [-0.39, 0.29) is 18.9 Å². The smallest absolute Gasteiger partial charge is 0.257 e. The summed E-state index contributed by atoms with van der Waals surface area (Å²) in [5, 5.41) is 11.5. The van der Waals surface area contributed by atoms with Crippen molar-refractivity contribution >= 4 is 5.91 Å². The molecular weight excluding hydrogens is 280 g/mol. The van der Waals surface area contributed by atoms with E-state index in [1.54, 1.807) is 12.1 Å². The van der Waals surface area contributed by atoms with E-state index in [2.05, 4.69) is 5.32 Å². The van der Waals surface area contributed by atoms with E-state index < -0.39 is 23.1 Å². The van der Waals surface area contributed by atoms with Crippen molar-refractivity contribution in [2.75, 3.05) is 13.2 Å². The average molecular weight is 293 g/mol. The molecule has 0 saturated carbocycles. The Morgan fingerprint density at radius 3 is 2.33 bits per heavy atom. The number of phenolic OH excluding ortho intramolecular Hbond substituents is 1. The summed E-state index contributed by atoms with van der Waals surface area (Å²) in [5.74, 6) is -2.02. The van der Waals surface area contributed by atoms with E-state index in [9.17, 15) is 13.6 Å². The fraction of sp³-hybridized carbons (Fsp3) is 0.133. The Labute approximate surface area is 120 Å². The van der Waals surface area contributed by atoms with Gasteiger partial charge in [-0.3, -0.25) is 4.79 Å². The number of carbonyl (C=O) groups excluding carboxylic acids is 1. The zero-order chi connectivity index (χ0) is 15.2. The van der Waals surface area contributed by atoms with Crippen LogP contribution in [0.4, 0.5) is 8.78 Å². The van der Waals surface area contributed by atoms with Crippen LogP contribution in [0.1, 0.15) is 10.4 Å². The van der Waals surface area contributed by atoms with Gasteiger partial charge in [0, 0.05) is 0 Å². The molecule has 2 rings (SSSR count). The summed E-state index contributed by atoms with van der Waals surface area (Å²) in [6.45, 7) is 0.222. The van der Waals surface area contributed by atoms with Crippen molar-refractivity contribution in [3.63, 3.8) is 0 Å². The van der Waals surface area contributed by atoms with E-state index in [0.717, 1.165) is 12.1 Å². The molecule has 0 aliphatic heterocycles. The van der Waals surface area contributed by atoms with Crippen molar-refractivity contribution in [1.82, 2.24) is 5.32 Å². The number of hydrogen-bond acceptors (Lipinski definition) is 3. The Bertz CT molecular complexity index is 609. The van der Waals surface area contributed by atoms with Gasteiger partial charge >= 0.3 is 0 Å². The molecule has 2 aromatic rings. The highest BCUT2D eigenvalue weighted by Gasteiger charge is 2.16. The number of aromatic hydroxyl groups is 1. The topological polar surface area (TPSA) is 58.6 Å². The lowest BCUT2D eigenvalue weighted by molar-refractivity contribution is 0.0938. The lowest BCUT2D eigenvalue weighted by Crippen LogP contribution is -2.29. The molecule has 0 fully saturated rings. The van der Waals surface area contributed by atoms with Gasteiger partial charge in [0.2, 0.25) is 0 Å². The van der Waals surface area contributed by atoms with Gasteiger partial charge in [-0.25, -0.2) is 8.78 Å². The molecule has 2 N–H and O–H groups in total. The highest BCUT2D eigenvalue weighted by Crippen LogP contribution is 2.15. The summed E-state index contributed by atoms with van der Waals surface area (Å²) >= 11 is 0. The van der Waals surface area contributed by atoms with Crippen molar-refractivity contribution in [2.45, 2.75) is 0 Å². The maximum atomic E-state index is 13.4. The highest BCUT2D eigenvalue weighted by molar-refractivity contribution is 5.94. The first-order chi connectivity index (χ1) is 10.1. The van der Waals surface area contributed by atoms with Crippen LogP contribution in [0.2, 0.25) is 0 Å². The number of nitrogens with one attached hydrogen (secondary N) is 1. The van der Waals surface area contributed by atoms with Crippen molar-refractivity contribution in [2.24, 2.45) is 0 Å². The molecule has 0 heterocycles. The van der Waals surface area contributed by atoms with Crippen molar-refractivity contribution in [3.05, 3.63) is 59.7 Å². The third kappa shape index (κ3) is 3.92. The molecule has 0 spiro atoms. The van der Waals surface area contributed by atoms with Crippen LogP contribution in [-0.4, -0.2) is 24.2 Å². The van der Waals surface area contributed by atoms with Crippen LogP contribution < -0.4 is 10.1 Å². The molecule has 1 amide bonds. The summed E-state index contributed by atoms with van der Waals surface area (Å²) < 4.78 is 32.0. The highest BCUT2D eigenvalue weighted by atomic mass is 19.1. The Morgan fingerprint density at radius 1 is 1.10 bits per heavy atom. The normalized spacial score (nSPS) is 10.2. The van der Waals surface area contributed by atoms with E-state index in [1.807, 2.05) is 0 Å².